The van der Waals surface area contributed by atoms with Crippen molar-refractivity contribution in [3.05, 3.63) is 60.2 Å². The number of rotatable bonds is 10. The van der Waals surface area contributed by atoms with Gasteiger partial charge in [0, 0.05) is 0 Å². The van der Waals surface area contributed by atoms with Crippen LogP contribution in [0.15, 0.2) is 54.6 Å². The monoisotopic (exact) mass is 342 g/mol. The van der Waals surface area contributed by atoms with Gasteiger partial charge in [-0.3, -0.25) is 0 Å². The van der Waals surface area contributed by atoms with E-state index in [9.17, 15) is 0 Å². The summed E-state index contributed by atoms with van der Waals surface area (Å²) in [7, 11) is 0. The first-order valence-corrected chi connectivity index (χ1v) is 9.05. The molecular formula is C22H32Na2. The fourth-order valence-corrected chi connectivity index (χ4v) is 3.09. The van der Waals surface area contributed by atoms with Gasteiger partial charge in [-0.1, -0.05) is 106 Å². The number of hydrogen-bond acceptors (Lipinski definition) is 0. The molecule has 0 aliphatic heterocycles. The minimum Gasteiger partial charge on any atom is -1.00 e. The largest absolute Gasteiger partial charge is 1.00 e. The quantitative estimate of drug-likeness (QED) is 0.451. The normalized spacial score (nSPS) is 9.88. The number of benzene rings is 2. The summed E-state index contributed by atoms with van der Waals surface area (Å²) in [6, 6.07) is 19.7. The van der Waals surface area contributed by atoms with Crippen LogP contribution in [0, 0.1) is 0 Å². The van der Waals surface area contributed by atoms with Crippen LogP contribution in [0.5, 0.6) is 0 Å². The summed E-state index contributed by atoms with van der Waals surface area (Å²) in [6.45, 7) is 2.28. The van der Waals surface area contributed by atoms with E-state index >= 15 is 0 Å². The second-order valence-electron chi connectivity index (χ2n) is 6.25. The third-order valence-electron chi connectivity index (χ3n) is 4.40. The van der Waals surface area contributed by atoms with Crippen molar-refractivity contribution in [3.63, 3.8) is 0 Å². The van der Waals surface area contributed by atoms with Crippen LogP contribution in [0.2, 0.25) is 0 Å². The molecule has 0 bridgehead atoms. The molecular weight excluding hydrogens is 310 g/mol. The van der Waals surface area contributed by atoms with E-state index in [2.05, 4.69) is 61.5 Å². The third-order valence-corrected chi connectivity index (χ3v) is 4.40. The van der Waals surface area contributed by atoms with Crippen LogP contribution < -0.4 is 59.1 Å². The third kappa shape index (κ3) is 9.22. The van der Waals surface area contributed by atoms with E-state index in [-0.39, 0.29) is 62.0 Å². The zero-order valence-corrected chi connectivity index (χ0v) is 20.1. The minimum atomic E-state index is 0. The van der Waals surface area contributed by atoms with Crippen molar-refractivity contribution in [2.24, 2.45) is 0 Å². The Morgan fingerprint density at radius 2 is 1.17 bits per heavy atom. The van der Waals surface area contributed by atoms with E-state index in [0.717, 1.165) is 0 Å². The molecule has 0 amide bonds. The maximum Gasteiger partial charge on any atom is 1.00 e. The maximum absolute atomic E-state index is 2.30. The van der Waals surface area contributed by atoms with Crippen molar-refractivity contribution in [1.82, 2.24) is 0 Å². The van der Waals surface area contributed by atoms with E-state index in [0.29, 0.717) is 0 Å². The Morgan fingerprint density at radius 3 is 1.83 bits per heavy atom. The molecule has 0 aliphatic rings. The van der Waals surface area contributed by atoms with Crippen molar-refractivity contribution in [3.8, 4) is 11.1 Å². The van der Waals surface area contributed by atoms with Crippen LogP contribution in [0.4, 0.5) is 0 Å². The standard InChI is InChI=1S/C22H30.2Na.2H/c1-2-3-4-5-6-7-8-10-15-21-18-13-14-19-22(21)20-16-11-9-12-17-20;;;;/h9,11-14,16-19H,2-8,10,15H2,1H3;;;;/q;2*+1;2*-1. The molecule has 2 heteroatoms. The number of unbranched alkanes of at least 4 members (excludes halogenated alkanes) is 7. The Hall–Kier alpha value is 0.440. The fourth-order valence-electron chi connectivity index (χ4n) is 3.09. The molecule has 0 atom stereocenters. The predicted molar refractivity (Wildman–Crippen MR) is 100 cm³/mol. The molecule has 0 aromatic heterocycles. The van der Waals surface area contributed by atoms with Gasteiger partial charge in [0.15, 0.2) is 0 Å². The van der Waals surface area contributed by atoms with Gasteiger partial charge in [-0.25, -0.2) is 0 Å². The molecule has 0 radical (unpaired) electrons. The minimum absolute atomic E-state index is 0. The van der Waals surface area contributed by atoms with Crippen LogP contribution in [-0.2, 0) is 6.42 Å². The van der Waals surface area contributed by atoms with Crippen molar-refractivity contribution in [2.45, 2.75) is 64.7 Å². The van der Waals surface area contributed by atoms with E-state index in [1.807, 2.05) is 0 Å². The second-order valence-corrected chi connectivity index (χ2v) is 6.25. The van der Waals surface area contributed by atoms with Crippen LogP contribution in [0.1, 0.15) is 66.7 Å². The Labute approximate surface area is 196 Å². The SMILES string of the molecule is CCCCCCCCCCc1ccccc1-c1ccccc1.[H-].[H-].[Na+].[Na+]. The second kappa shape index (κ2) is 15.7. The smallest absolute Gasteiger partial charge is 1.00 e. The van der Waals surface area contributed by atoms with Gasteiger partial charge in [-0.2, -0.15) is 0 Å². The van der Waals surface area contributed by atoms with Gasteiger partial charge in [0.1, 0.15) is 0 Å². The van der Waals surface area contributed by atoms with E-state index in [4.69, 9.17) is 0 Å². The summed E-state index contributed by atoms with van der Waals surface area (Å²) in [4.78, 5) is 0. The van der Waals surface area contributed by atoms with E-state index in [1.54, 1.807) is 0 Å². The first-order chi connectivity index (χ1) is 10.9. The average Bonchev–Trinajstić information content (AvgIpc) is 2.58. The first kappa shape index (κ1) is 24.4. The average molecular weight is 342 g/mol. The van der Waals surface area contributed by atoms with Gasteiger partial charge in [-0.05, 0) is 29.5 Å². The molecule has 0 N–H and O–H groups in total. The summed E-state index contributed by atoms with van der Waals surface area (Å²) in [5.41, 5.74) is 4.25. The molecule has 0 unspecified atom stereocenters. The topological polar surface area (TPSA) is 0 Å². The molecule has 2 rings (SSSR count). The fraction of sp³-hybridized carbons (Fsp3) is 0.455. The van der Waals surface area contributed by atoms with E-state index in [1.165, 1.54) is 74.5 Å². The van der Waals surface area contributed by atoms with Crippen LogP contribution in [0.3, 0.4) is 0 Å². The molecule has 0 nitrogen and oxygen atoms in total. The molecule has 2 aromatic carbocycles. The molecule has 122 valence electrons. The van der Waals surface area contributed by atoms with Gasteiger partial charge < -0.3 is 2.85 Å². The molecule has 0 saturated carbocycles. The van der Waals surface area contributed by atoms with Crippen molar-refractivity contribution in [1.29, 1.82) is 0 Å². The predicted octanol–water partition coefficient (Wildman–Crippen LogP) is 1.27. The summed E-state index contributed by atoms with van der Waals surface area (Å²) < 4.78 is 0. The Morgan fingerprint density at radius 1 is 0.625 bits per heavy atom. The van der Waals surface area contributed by atoms with Gasteiger partial charge >= 0.3 is 59.1 Å². The van der Waals surface area contributed by atoms with Gasteiger partial charge in [0.05, 0.1) is 0 Å². The van der Waals surface area contributed by atoms with Gasteiger partial charge in [0.25, 0.3) is 0 Å². The van der Waals surface area contributed by atoms with Crippen molar-refractivity contribution < 1.29 is 62.0 Å². The maximum atomic E-state index is 2.30. The van der Waals surface area contributed by atoms with Crippen LogP contribution in [0.25, 0.3) is 11.1 Å². The Balaban J connectivity index is -0.00000132. The molecule has 0 fully saturated rings. The molecule has 2 aromatic rings. The first-order valence-electron chi connectivity index (χ1n) is 9.05. The summed E-state index contributed by atoms with van der Waals surface area (Å²) in [6.07, 6.45) is 12.3. The van der Waals surface area contributed by atoms with Gasteiger partial charge in [0.2, 0.25) is 0 Å². The number of aryl methyl sites for hydroxylation is 1. The van der Waals surface area contributed by atoms with Crippen molar-refractivity contribution >= 4 is 0 Å². The molecule has 0 heterocycles. The summed E-state index contributed by atoms with van der Waals surface area (Å²) >= 11 is 0. The summed E-state index contributed by atoms with van der Waals surface area (Å²) in [5.74, 6) is 0. The molecule has 0 aliphatic carbocycles. The van der Waals surface area contributed by atoms with Crippen molar-refractivity contribution in [2.75, 3.05) is 0 Å². The number of hydrogen-bond donors (Lipinski definition) is 0. The Kier molecular flexibility index (Phi) is 16.0. The zero-order valence-electron chi connectivity index (χ0n) is 18.1. The molecule has 0 spiro atoms. The molecule has 0 saturated heterocycles. The summed E-state index contributed by atoms with van der Waals surface area (Å²) in [5, 5.41) is 0. The van der Waals surface area contributed by atoms with E-state index < -0.39 is 0 Å². The zero-order chi connectivity index (χ0) is 15.5. The molecule has 24 heavy (non-hydrogen) atoms. The van der Waals surface area contributed by atoms with Gasteiger partial charge in [-0.15, -0.1) is 0 Å². The van der Waals surface area contributed by atoms with Crippen LogP contribution in [-0.4, -0.2) is 0 Å². The van der Waals surface area contributed by atoms with Crippen LogP contribution >= 0.6 is 0 Å². The Bertz CT molecular complexity index is 533.